The van der Waals surface area contributed by atoms with Crippen molar-refractivity contribution in [3.63, 3.8) is 0 Å². The van der Waals surface area contributed by atoms with Gasteiger partial charge in [-0.2, -0.15) is 4.31 Å². The van der Waals surface area contributed by atoms with Crippen molar-refractivity contribution in [3.8, 4) is 0 Å². The van der Waals surface area contributed by atoms with Crippen LogP contribution < -0.4 is 0 Å². The smallest absolute Gasteiger partial charge is 0.246 e. The van der Waals surface area contributed by atoms with Crippen molar-refractivity contribution in [1.82, 2.24) is 18.6 Å². The summed E-state index contributed by atoms with van der Waals surface area (Å²) in [5.41, 5.74) is 1.25. The molecule has 1 saturated heterocycles. The fraction of sp³-hybridized carbons (Fsp3) is 0.200. The maximum absolute atomic E-state index is 13.9. The quantitative estimate of drug-likeness (QED) is 0.575. The van der Waals surface area contributed by atoms with Crippen molar-refractivity contribution < 1.29 is 17.6 Å². The molecule has 0 aliphatic carbocycles. The first-order chi connectivity index (χ1) is 14.4. The van der Waals surface area contributed by atoms with Gasteiger partial charge in [-0.25, -0.2) is 17.8 Å². The van der Waals surface area contributed by atoms with Crippen molar-refractivity contribution in [2.24, 2.45) is 0 Å². The van der Waals surface area contributed by atoms with Crippen LogP contribution in [-0.4, -0.2) is 59.1 Å². The first-order valence-electron chi connectivity index (χ1n) is 9.22. The van der Waals surface area contributed by atoms with E-state index in [1.54, 1.807) is 27.6 Å². The Hall–Kier alpha value is -2.75. The fourth-order valence-corrected chi connectivity index (χ4v) is 5.06. The predicted molar refractivity (Wildman–Crippen MR) is 111 cm³/mol. The number of amides is 1. The van der Waals surface area contributed by atoms with Crippen LogP contribution in [0.15, 0.2) is 59.6 Å². The molecule has 0 unspecified atom stereocenters. The van der Waals surface area contributed by atoms with Crippen molar-refractivity contribution in [3.05, 3.63) is 71.4 Å². The van der Waals surface area contributed by atoms with Crippen LogP contribution in [-0.2, 0) is 14.8 Å². The van der Waals surface area contributed by atoms with Crippen molar-refractivity contribution in [1.29, 1.82) is 0 Å². The molecule has 4 rings (SSSR count). The summed E-state index contributed by atoms with van der Waals surface area (Å²) >= 11 is 6.17. The van der Waals surface area contributed by atoms with Gasteiger partial charge in [-0.1, -0.05) is 29.8 Å². The highest BCUT2D eigenvalue weighted by molar-refractivity contribution is 7.89. The standard InChI is InChI=1S/C20H18ClFN4O3S/c21-20-16(26-10-4-3-7-18(26)23-20)8-9-19(27)24-11-13-25(14-12-24)30(28,29)17-6-2-1-5-15(17)22/h1-10H,11-14H2/b9-8+. The number of halogens is 2. The van der Waals surface area contributed by atoms with Crippen molar-refractivity contribution in [2.75, 3.05) is 26.2 Å². The van der Waals surface area contributed by atoms with Gasteiger partial charge in [0.05, 0.1) is 5.69 Å². The Kier molecular flexibility index (Phi) is 5.59. The predicted octanol–water partition coefficient (Wildman–Crippen LogP) is 2.67. The zero-order valence-electron chi connectivity index (χ0n) is 15.8. The lowest BCUT2D eigenvalue weighted by Gasteiger charge is -2.33. The van der Waals surface area contributed by atoms with E-state index >= 15 is 0 Å². The molecule has 0 saturated carbocycles. The van der Waals surface area contributed by atoms with Crippen LogP contribution in [0.25, 0.3) is 11.7 Å². The molecule has 3 heterocycles. The molecule has 0 N–H and O–H groups in total. The van der Waals surface area contributed by atoms with Gasteiger partial charge in [0.25, 0.3) is 0 Å². The zero-order valence-corrected chi connectivity index (χ0v) is 17.4. The molecule has 10 heteroatoms. The molecule has 0 spiro atoms. The van der Waals surface area contributed by atoms with Gasteiger partial charge in [-0.05, 0) is 30.3 Å². The molecule has 1 aromatic carbocycles. The van der Waals surface area contributed by atoms with Gasteiger partial charge in [0.1, 0.15) is 16.4 Å². The molecular weight excluding hydrogens is 431 g/mol. The number of nitrogens with zero attached hydrogens (tertiary/aromatic N) is 4. The summed E-state index contributed by atoms with van der Waals surface area (Å²) in [4.78, 5) is 18.0. The lowest BCUT2D eigenvalue weighted by molar-refractivity contribution is -0.127. The SMILES string of the molecule is O=C(/C=C/c1c(Cl)nc2ccccn12)N1CCN(S(=O)(=O)c2ccccc2F)CC1. The van der Waals surface area contributed by atoms with Crippen molar-refractivity contribution in [2.45, 2.75) is 4.90 Å². The third kappa shape index (κ3) is 3.83. The Morgan fingerprint density at radius 1 is 1.07 bits per heavy atom. The number of carbonyl (C=O) groups is 1. The molecule has 1 aliphatic heterocycles. The average Bonchev–Trinajstić information content (AvgIpc) is 3.07. The van der Waals surface area contributed by atoms with E-state index in [4.69, 9.17) is 11.6 Å². The van der Waals surface area contributed by atoms with Crippen LogP contribution in [0, 0.1) is 5.82 Å². The summed E-state index contributed by atoms with van der Waals surface area (Å²) in [5.74, 6) is -1.05. The number of benzene rings is 1. The lowest BCUT2D eigenvalue weighted by atomic mass is 10.3. The Bertz CT molecular complexity index is 1230. The molecule has 0 bridgehead atoms. The van der Waals surface area contributed by atoms with Gasteiger partial charge in [-0.15, -0.1) is 0 Å². The van der Waals surface area contributed by atoms with Crippen LogP contribution in [0.1, 0.15) is 5.69 Å². The van der Waals surface area contributed by atoms with E-state index in [1.807, 2.05) is 12.1 Å². The summed E-state index contributed by atoms with van der Waals surface area (Å²) in [6, 6.07) is 10.7. The fourth-order valence-electron chi connectivity index (χ4n) is 3.33. The molecule has 2 aromatic heterocycles. The molecule has 1 fully saturated rings. The Morgan fingerprint density at radius 2 is 1.77 bits per heavy atom. The van der Waals surface area contributed by atoms with E-state index in [-0.39, 0.29) is 42.1 Å². The van der Waals surface area contributed by atoms with E-state index in [2.05, 4.69) is 4.98 Å². The number of aromatic nitrogens is 2. The highest BCUT2D eigenvalue weighted by Gasteiger charge is 2.31. The minimum atomic E-state index is -3.95. The summed E-state index contributed by atoms with van der Waals surface area (Å²) in [5, 5.41) is 0.283. The van der Waals surface area contributed by atoms with Crippen LogP contribution in [0.2, 0.25) is 5.15 Å². The Labute approximate surface area is 178 Å². The maximum Gasteiger partial charge on any atom is 0.246 e. The van der Waals surface area contributed by atoms with E-state index in [1.165, 1.54) is 28.6 Å². The number of piperazine rings is 1. The molecule has 3 aromatic rings. The normalized spacial score (nSPS) is 15.9. The van der Waals surface area contributed by atoms with Crippen LogP contribution in [0.5, 0.6) is 0 Å². The van der Waals surface area contributed by atoms with Crippen molar-refractivity contribution >= 4 is 39.3 Å². The van der Waals surface area contributed by atoms with Crippen LogP contribution in [0.3, 0.4) is 0 Å². The molecule has 0 atom stereocenters. The molecule has 156 valence electrons. The monoisotopic (exact) mass is 448 g/mol. The number of carbonyl (C=O) groups excluding carboxylic acids is 1. The molecular formula is C20H18ClFN4O3S. The van der Waals surface area contributed by atoms with Gasteiger partial charge in [0, 0.05) is 38.5 Å². The first-order valence-corrected chi connectivity index (χ1v) is 11.0. The highest BCUT2D eigenvalue weighted by atomic mass is 35.5. The second-order valence-corrected chi connectivity index (χ2v) is 8.97. The number of pyridine rings is 1. The largest absolute Gasteiger partial charge is 0.337 e. The van der Waals surface area contributed by atoms with Gasteiger partial charge in [0.15, 0.2) is 5.15 Å². The zero-order chi connectivity index (χ0) is 21.3. The van der Waals surface area contributed by atoms with E-state index in [0.29, 0.717) is 11.3 Å². The van der Waals surface area contributed by atoms with Crippen LogP contribution in [0.4, 0.5) is 4.39 Å². The second-order valence-electron chi connectivity index (χ2n) is 6.71. The Balaban J connectivity index is 1.44. The molecule has 30 heavy (non-hydrogen) atoms. The number of fused-ring (bicyclic) bond motifs is 1. The van der Waals surface area contributed by atoms with Gasteiger partial charge in [-0.3, -0.25) is 9.20 Å². The average molecular weight is 449 g/mol. The van der Waals surface area contributed by atoms with Gasteiger partial charge >= 0.3 is 0 Å². The number of hydrogen-bond acceptors (Lipinski definition) is 4. The third-order valence-corrected chi connectivity index (χ3v) is 7.12. The molecule has 1 aliphatic rings. The number of imidazole rings is 1. The molecule has 0 radical (unpaired) electrons. The number of rotatable bonds is 4. The Morgan fingerprint density at radius 3 is 2.50 bits per heavy atom. The maximum atomic E-state index is 13.9. The summed E-state index contributed by atoms with van der Waals surface area (Å²) in [6.45, 7) is 0.592. The van der Waals surface area contributed by atoms with E-state index < -0.39 is 15.8 Å². The first kappa shape index (κ1) is 20.5. The summed E-state index contributed by atoms with van der Waals surface area (Å²) < 4.78 is 42.2. The number of sulfonamides is 1. The van der Waals surface area contributed by atoms with Gasteiger partial charge in [0.2, 0.25) is 15.9 Å². The minimum Gasteiger partial charge on any atom is -0.337 e. The minimum absolute atomic E-state index is 0.0899. The topological polar surface area (TPSA) is 75.0 Å². The third-order valence-electron chi connectivity index (χ3n) is 4.91. The number of hydrogen-bond donors (Lipinski definition) is 0. The van der Waals surface area contributed by atoms with E-state index in [0.717, 1.165) is 6.07 Å². The lowest BCUT2D eigenvalue weighted by Crippen LogP contribution is -2.50. The highest BCUT2D eigenvalue weighted by Crippen LogP contribution is 2.21. The van der Waals surface area contributed by atoms with E-state index in [9.17, 15) is 17.6 Å². The summed E-state index contributed by atoms with van der Waals surface area (Å²) in [6.07, 6.45) is 4.78. The van der Waals surface area contributed by atoms with Gasteiger partial charge < -0.3 is 4.90 Å². The second kappa shape index (κ2) is 8.17. The molecule has 1 amide bonds. The van der Waals surface area contributed by atoms with Crippen LogP contribution >= 0.6 is 11.6 Å². The molecule has 7 nitrogen and oxygen atoms in total. The summed E-state index contributed by atoms with van der Waals surface area (Å²) in [7, 11) is -3.95.